The summed E-state index contributed by atoms with van der Waals surface area (Å²) < 4.78 is 5.82. The number of hydrogen-bond acceptors (Lipinski definition) is 3. The Morgan fingerprint density at radius 1 is 1.28 bits per heavy atom. The lowest BCUT2D eigenvalue weighted by atomic mass is 10.00. The minimum absolute atomic E-state index is 0.191. The lowest BCUT2D eigenvalue weighted by Crippen LogP contribution is -2.49. The topological polar surface area (TPSA) is 29.5 Å². The summed E-state index contributed by atoms with van der Waals surface area (Å²) in [5.74, 6) is 0.266. The lowest BCUT2D eigenvalue weighted by Gasteiger charge is -2.34. The van der Waals surface area contributed by atoms with Crippen LogP contribution in [0.1, 0.15) is 44.9 Å². The zero-order chi connectivity index (χ0) is 12.4. The molecular formula is C15H23NO2. The number of Topliss-reactive ketones (excluding diaryl/α,β-unsaturated/α-hetero) is 1. The molecule has 3 rings (SSSR count). The van der Waals surface area contributed by atoms with Crippen LogP contribution in [0.3, 0.4) is 0 Å². The highest BCUT2D eigenvalue weighted by atomic mass is 16.5. The summed E-state index contributed by atoms with van der Waals surface area (Å²) >= 11 is 0. The second-order valence-corrected chi connectivity index (χ2v) is 5.81. The Kier molecular flexibility index (Phi) is 3.80. The van der Waals surface area contributed by atoms with Crippen molar-refractivity contribution in [3.05, 3.63) is 11.6 Å². The molecule has 100 valence electrons. The van der Waals surface area contributed by atoms with Crippen LogP contribution in [0.25, 0.3) is 0 Å². The molecule has 3 nitrogen and oxygen atoms in total. The molecule has 0 saturated carbocycles. The summed E-state index contributed by atoms with van der Waals surface area (Å²) in [6.45, 7) is 2.72. The molecule has 2 saturated heterocycles. The molecular weight excluding hydrogens is 226 g/mol. The molecule has 0 aromatic rings. The smallest absolute Gasteiger partial charge is 0.188 e. The fraction of sp³-hybridized carbons (Fsp3) is 0.800. The number of carbonyl (C=O) groups is 1. The van der Waals surface area contributed by atoms with Crippen LogP contribution in [-0.2, 0) is 9.53 Å². The molecule has 0 aromatic heterocycles. The third-order valence-electron chi connectivity index (χ3n) is 4.54. The first-order chi connectivity index (χ1) is 8.84. The number of allylic oxidation sites excluding steroid dienone is 1. The number of ether oxygens (including phenoxy) is 1. The molecule has 0 aromatic carbocycles. The number of hydrogen-bond donors (Lipinski definition) is 0. The molecule has 2 atom stereocenters. The maximum atomic E-state index is 12.5. The first-order valence-electron chi connectivity index (χ1n) is 7.43. The van der Waals surface area contributed by atoms with Gasteiger partial charge in [-0.3, -0.25) is 9.69 Å². The van der Waals surface area contributed by atoms with Crippen molar-refractivity contribution in [3.8, 4) is 0 Å². The Balaban J connectivity index is 1.63. The SMILES string of the molecule is O=C(C1=CCCCCC1)C1CN2CCCC2CO1. The van der Waals surface area contributed by atoms with Gasteiger partial charge in [-0.05, 0) is 50.6 Å². The number of morpholine rings is 1. The van der Waals surface area contributed by atoms with E-state index in [1.807, 2.05) is 0 Å². The number of nitrogens with zero attached hydrogens (tertiary/aromatic N) is 1. The quantitative estimate of drug-likeness (QED) is 0.752. The predicted octanol–water partition coefficient (Wildman–Crippen LogP) is 2.31. The van der Waals surface area contributed by atoms with Gasteiger partial charge in [0, 0.05) is 12.6 Å². The molecule has 3 aliphatic rings. The standard InChI is InChI=1S/C15H23NO2/c17-15(12-6-3-1-2-4-7-12)14-10-16-9-5-8-13(16)11-18-14/h6,13-14H,1-5,7-11H2. The summed E-state index contributed by atoms with van der Waals surface area (Å²) in [5, 5.41) is 0. The Labute approximate surface area is 109 Å². The second-order valence-electron chi connectivity index (χ2n) is 5.81. The van der Waals surface area contributed by atoms with Gasteiger partial charge in [0.2, 0.25) is 0 Å². The van der Waals surface area contributed by atoms with Crippen molar-refractivity contribution in [3.63, 3.8) is 0 Å². The van der Waals surface area contributed by atoms with E-state index in [0.717, 1.165) is 44.5 Å². The zero-order valence-electron chi connectivity index (χ0n) is 11.1. The van der Waals surface area contributed by atoms with E-state index >= 15 is 0 Å². The molecule has 0 amide bonds. The van der Waals surface area contributed by atoms with Gasteiger partial charge in [-0.15, -0.1) is 0 Å². The second kappa shape index (κ2) is 5.54. The Morgan fingerprint density at radius 2 is 2.22 bits per heavy atom. The van der Waals surface area contributed by atoms with E-state index in [1.54, 1.807) is 0 Å². The van der Waals surface area contributed by atoms with Gasteiger partial charge in [0.05, 0.1) is 6.61 Å². The van der Waals surface area contributed by atoms with Crippen molar-refractivity contribution in [2.45, 2.75) is 57.1 Å². The minimum atomic E-state index is -0.191. The van der Waals surface area contributed by atoms with Crippen LogP contribution in [0.4, 0.5) is 0 Å². The summed E-state index contributed by atoms with van der Waals surface area (Å²) in [7, 11) is 0. The van der Waals surface area contributed by atoms with Crippen molar-refractivity contribution >= 4 is 5.78 Å². The molecule has 2 aliphatic heterocycles. The highest BCUT2D eigenvalue weighted by Crippen LogP contribution is 2.26. The zero-order valence-corrected chi connectivity index (χ0v) is 11.1. The molecule has 3 heteroatoms. The van der Waals surface area contributed by atoms with Crippen molar-refractivity contribution in [1.29, 1.82) is 0 Å². The van der Waals surface area contributed by atoms with Crippen LogP contribution in [0.5, 0.6) is 0 Å². The normalized spacial score (nSPS) is 33.7. The van der Waals surface area contributed by atoms with Gasteiger partial charge < -0.3 is 4.74 Å². The molecule has 0 bridgehead atoms. The highest BCUT2D eigenvalue weighted by molar-refractivity contribution is 5.99. The highest BCUT2D eigenvalue weighted by Gasteiger charge is 2.36. The lowest BCUT2D eigenvalue weighted by molar-refractivity contribution is -0.134. The maximum absolute atomic E-state index is 12.5. The molecule has 0 N–H and O–H groups in total. The van der Waals surface area contributed by atoms with Crippen molar-refractivity contribution in [2.75, 3.05) is 19.7 Å². The number of ketones is 1. The Morgan fingerprint density at radius 3 is 3.17 bits per heavy atom. The molecule has 0 spiro atoms. The van der Waals surface area contributed by atoms with E-state index in [9.17, 15) is 4.79 Å². The Hall–Kier alpha value is -0.670. The van der Waals surface area contributed by atoms with Crippen molar-refractivity contribution in [2.24, 2.45) is 0 Å². The van der Waals surface area contributed by atoms with Gasteiger partial charge in [0.15, 0.2) is 5.78 Å². The largest absolute Gasteiger partial charge is 0.367 e. The first-order valence-corrected chi connectivity index (χ1v) is 7.43. The van der Waals surface area contributed by atoms with Crippen LogP contribution < -0.4 is 0 Å². The molecule has 18 heavy (non-hydrogen) atoms. The summed E-state index contributed by atoms with van der Waals surface area (Å²) in [6, 6.07) is 0.581. The van der Waals surface area contributed by atoms with Crippen LogP contribution >= 0.6 is 0 Å². The predicted molar refractivity (Wildman–Crippen MR) is 70.5 cm³/mol. The molecule has 1 aliphatic carbocycles. The third kappa shape index (κ3) is 2.52. The van der Waals surface area contributed by atoms with Gasteiger partial charge in [0.1, 0.15) is 6.10 Å². The van der Waals surface area contributed by atoms with Crippen molar-refractivity contribution in [1.82, 2.24) is 4.90 Å². The van der Waals surface area contributed by atoms with Crippen molar-refractivity contribution < 1.29 is 9.53 Å². The van der Waals surface area contributed by atoms with Gasteiger partial charge in [-0.1, -0.05) is 12.5 Å². The summed E-state index contributed by atoms with van der Waals surface area (Å²) in [6.07, 6.45) is 10.2. The monoisotopic (exact) mass is 249 g/mol. The average molecular weight is 249 g/mol. The minimum Gasteiger partial charge on any atom is -0.367 e. The summed E-state index contributed by atoms with van der Waals surface area (Å²) in [5.41, 5.74) is 1.04. The fourth-order valence-electron chi connectivity index (χ4n) is 3.42. The molecule has 2 fully saturated rings. The van der Waals surface area contributed by atoms with Crippen LogP contribution in [0, 0.1) is 0 Å². The molecule has 2 unspecified atom stereocenters. The average Bonchev–Trinajstić information content (AvgIpc) is 2.69. The van der Waals surface area contributed by atoms with E-state index in [1.165, 1.54) is 25.7 Å². The van der Waals surface area contributed by atoms with Crippen LogP contribution in [0.15, 0.2) is 11.6 Å². The van der Waals surface area contributed by atoms with Gasteiger partial charge in [-0.2, -0.15) is 0 Å². The van der Waals surface area contributed by atoms with E-state index in [0.29, 0.717) is 6.04 Å². The third-order valence-corrected chi connectivity index (χ3v) is 4.54. The first kappa shape index (κ1) is 12.4. The van der Waals surface area contributed by atoms with Gasteiger partial charge in [-0.25, -0.2) is 0 Å². The fourth-order valence-corrected chi connectivity index (χ4v) is 3.42. The van der Waals surface area contributed by atoms with Gasteiger partial charge in [0.25, 0.3) is 0 Å². The van der Waals surface area contributed by atoms with Crippen LogP contribution in [-0.4, -0.2) is 42.5 Å². The summed E-state index contributed by atoms with van der Waals surface area (Å²) in [4.78, 5) is 14.9. The maximum Gasteiger partial charge on any atom is 0.188 e. The molecule has 2 heterocycles. The van der Waals surface area contributed by atoms with Gasteiger partial charge >= 0.3 is 0 Å². The van der Waals surface area contributed by atoms with E-state index in [4.69, 9.17) is 4.74 Å². The van der Waals surface area contributed by atoms with E-state index in [-0.39, 0.29) is 11.9 Å². The number of fused-ring (bicyclic) bond motifs is 1. The van der Waals surface area contributed by atoms with E-state index < -0.39 is 0 Å². The van der Waals surface area contributed by atoms with E-state index in [2.05, 4.69) is 11.0 Å². The molecule has 0 radical (unpaired) electrons. The Bertz CT molecular complexity index is 350. The number of carbonyl (C=O) groups excluding carboxylic acids is 1. The van der Waals surface area contributed by atoms with Crippen LogP contribution in [0.2, 0.25) is 0 Å². The number of rotatable bonds is 2.